The van der Waals surface area contributed by atoms with Gasteiger partial charge in [0, 0.05) is 43.3 Å². The highest BCUT2D eigenvalue weighted by Crippen LogP contribution is 2.25. The average Bonchev–Trinajstić information content (AvgIpc) is 3.32. The third-order valence-corrected chi connectivity index (χ3v) is 6.05. The van der Waals surface area contributed by atoms with Gasteiger partial charge in [-0.1, -0.05) is 18.2 Å². The van der Waals surface area contributed by atoms with E-state index in [9.17, 15) is 4.79 Å². The predicted octanol–water partition coefficient (Wildman–Crippen LogP) is 4.98. The van der Waals surface area contributed by atoms with Gasteiger partial charge in [0.1, 0.15) is 12.4 Å². The van der Waals surface area contributed by atoms with Gasteiger partial charge in [0.15, 0.2) is 0 Å². The van der Waals surface area contributed by atoms with Crippen LogP contribution >= 0.6 is 11.3 Å². The van der Waals surface area contributed by atoms with Gasteiger partial charge in [0.2, 0.25) is 0 Å². The highest BCUT2D eigenvalue weighted by atomic mass is 32.1. The van der Waals surface area contributed by atoms with E-state index < -0.39 is 0 Å². The molecule has 4 rings (SSSR count). The van der Waals surface area contributed by atoms with E-state index in [1.165, 1.54) is 30.5 Å². The molecule has 1 amide bonds. The molecule has 0 unspecified atom stereocenters. The number of aromatic nitrogens is 1. The number of nitrogens with zero attached hydrogens (tertiary/aromatic N) is 3. The number of anilines is 1. The van der Waals surface area contributed by atoms with Gasteiger partial charge in [-0.25, -0.2) is 4.98 Å². The zero-order valence-electron chi connectivity index (χ0n) is 17.3. The van der Waals surface area contributed by atoms with E-state index in [0.717, 1.165) is 24.5 Å². The fourth-order valence-electron chi connectivity index (χ4n) is 3.80. The number of hydrogen-bond donors (Lipinski definition) is 0. The van der Waals surface area contributed by atoms with Gasteiger partial charge in [0.25, 0.3) is 5.91 Å². The highest BCUT2D eigenvalue weighted by Gasteiger charge is 2.17. The Bertz CT molecular complexity index is 951. The quantitative estimate of drug-likeness (QED) is 0.539. The summed E-state index contributed by atoms with van der Waals surface area (Å²) in [6, 6.07) is 15.8. The first kappa shape index (κ1) is 20.4. The minimum atomic E-state index is 0.00879. The molecule has 0 aliphatic carbocycles. The molecule has 0 N–H and O–H groups in total. The SMILES string of the molecule is CN(Cc1ccccc1N1CCCCC1)C(=O)c1ccc(OCc2cscn2)cc1. The van der Waals surface area contributed by atoms with Crippen molar-refractivity contribution in [2.75, 3.05) is 25.0 Å². The molecule has 1 fully saturated rings. The van der Waals surface area contributed by atoms with Crippen LogP contribution in [0.1, 0.15) is 40.9 Å². The Morgan fingerprint density at radius 1 is 1.10 bits per heavy atom. The molecule has 1 saturated heterocycles. The first-order valence-electron chi connectivity index (χ1n) is 10.4. The largest absolute Gasteiger partial charge is 0.487 e. The van der Waals surface area contributed by atoms with Crippen LogP contribution in [0.15, 0.2) is 59.4 Å². The zero-order valence-corrected chi connectivity index (χ0v) is 18.1. The predicted molar refractivity (Wildman–Crippen MR) is 121 cm³/mol. The number of carbonyl (C=O) groups is 1. The van der Waals surface area contributed by atoms with E-state index in [2.05, 4.69) is 34.1 Å². The van der Waals surface area contributed by atoms with Crippen molar-refractivity contribution < 1.29 is 9.53 Å². The molecule has 3 aromatic rings. The molecule has 156 valence electrons. The molecule has 6 heteroatoms. The molecule has 2 aromatic carbocycles. The Morgan fingerprint density at radius 3 is 2.60 bits per heavy atom. The number of rotatable bonds is 7. The van der Waals surface area contributed by atoms with Gasteiger partial charge in [-0.3, -0.25) is 4.79 Å². The lowest BCUT2D eigenvalue weighted by atomic mass is 10.1. The van der Waals surface area contributed by atoms with Crippen LogP contribution < -0.4 is 9.64 Å². The molecule has 1 aliphatic heterocycles. The summed E-state index contributed by atoms with van der Waals surface area (Å²) in [5.74, 6) is 0.743. The van der Waals surface area contributed by atoms with Gasteiger partial charge in [-0.05, 0) is 55.2 Å². The van der Waals surface area contributed by atoms with Crippen molar-refractivity contribution in [2.45, 2.75) is 32.4 Å². The van der Waals surface area contributed by atoms with Crippen molar-refractivity contribution in [1.82, 2.24) is 9.88 Å². The van der Waals surface area contributed by atoms with Gasteiger partial charge in [-0.2, -0.15) is 0 Å². The first-order valence-corrected chi connectivity index (χ1v) is 11.3. The van der Waals surface area contributed by atoms with Crippen molar-refractivity contribution in [3.8, 4) is 5.75 Å². The van der Waals surface area contributed by atoms with Crippen molar-refractivity contribution in [1.29, 1.82) is 0 Å². The monoisotopic (exact) mass is 421 g/mol. The zero-order chi connectivity index (χ0) is 20.8. The minimum Gasteiger partial charge on any atom is -0.487 e. The summed E-state index contributed by atoms with van der Waals surface area (Å²) in [6.07, 6.45) is 3.78. The molecule has 0 spiro atoms. The van der Waals surface area contributed by atoms with E-state index in [4.69, 9.17) is 4.74 Å². The van der Waals surface area contributed by atoms with Crippen LogP contribution in [0.5, 0.6) is 5.75 Å². The third kappa shape index (κ3) is 5.00. The summed E-state index contributed by atoms with van der Waals surface area (Å²) < 4.78 is 5.74. The second kappa shape index (κ2) is 9.76. The molecule has 0 atom stereocenters. The smallest absolute Gasteiger partial charge is 0.253 e. The molecular weight excluding hydrogens is 394 g/mol. The molecule has 0 radical (unpaired) electrons. The normalized spacial score (nSPS) is 13.8. The van der Waals surface area contributed by atoms with Crippen molar-refractivity contribution in [3.63, 3.8) is 0 Å². The van der Waals surface area contributed by atoms with Crippen LogP contribution in [-0.2, 0) is 13.2 Å². The first-order chi connectivity index (χ1) is 14.7. The Kier molecular flexibility index (Phi) is 6.64. The van der Waals surface area contributed by atoms with E-state index in [0.29, 0.717) is 18.7 Å². The highest BCUT2D eigenvalue weighted by molar-refractivity contribution is 7.07. The topological polar surface area (TPSA) is 45.7 Å². The van der Waals surface area contributed by atoms with Gasteiger partial charge in [-0.15, -0.1) is 11.3 Å². The number of para-hydroxylation sites is 1. The van der Waals surface area contributed by atoms with E-state index in [-0.39, 0.29) is 5.91 Å². The fraction of sp³-hybridized carbons (Fsp3) is 0.333. The fourth-order valence-corrected chi connectivity index (χ4v) is 4.34. The molecule has 30 heavy (non-hydrogen) atoms. The molecule has 2 heterocycles. The third-order valence-electron chi connectivity index (χ3n) is 5.41. The lowest BCUT2D eigenvalue weighted by Crippen LogP contribution is -2.32. The van der Waals surface area contributed by atoms with Crippen LogP contribution in [0.25, 0.3) is 0 Å². The van der Waals surface area contributed by atoms with Crippen LogP contribution in [0, 0.1) is 0 Å². The molecule has 1 aliphatic rings. The number of thiazole rings is 1. The van der Waals surface area contributed by atoms with E-state index in [1.807, 2.05) is 36.7 Å². The van der Waals surface area contributed by atoms with Crippen LogP contribution in [0.4, 0.5) is 5.69 Å². The Labute approximate surface area is 181 Å². The maximum absolute atomic E-state index is 13.0. The molecular formula is C24H27N3O2S. The summed E-state index contributed by atoms with van der Waals surface area (Å²) in [7, 11) is 1.86. The lowest BCUT2D eigenvalue weighted by Gasteiger charge is -2.31. The number of hydrogen-bond acceptors (Lipinski definition) is 5. The standard InChI is InChI=1S/C24H27N3O2S/c1-26(15-20-7-3-4-8-23(20)27-13-5-2-6-14-27)24(28)19-9-11-22(12-10-19)29-16-21-17-30-18-25-21/h3-4,7-12,17-18H,2,5-6,13-16H2,1H3. The number of piperidine rings is 1. The number of carbonyl (C=O) groups excluding carboxylic acids is 1. The maximum atomic E-state index is 13.0. The maximum Gasteiger partial charge on any atom is 0.253 e. The van der Waals surface area contributed by atoms with Gasteiger partial charge >= 0.3 is 0 Å². The van der Waals surface area contributed by atoms with Crippen molar-refractivity contribution in [3.05, 3.63) is 76.2 Å². The van der Waals surface area contributed by atoms with Crippen LogP contribution in [0.2, 0.25) is 0 Å². The average molecular weight is 422 g/mol. The van der Waals surface area contributed by atoms with E-state index in [1.54, 1.807) is 21.7 Å². The Balaban J connectivity index is 1.39. The number of ether oxygens (including phenoxy) is 1. The summed E-state index contributed by atoms with van der Waals surface area (Å²) >= 11 is 1.55. The second-order valence-electron chi connectivity index (χ2n) is 7.63. The summed E-state index contributed by atoms with van der Waals surface area (Å²) in [5.41, 5.74) is 5.81. The lowest BCUT2D eigenvalue weighted by molar-refractivity contribution is 0.0785. The summed E-state index contributed by atoms with van der Waals surface area (Å²) in [6.45, 7) is 3.21. The second-order valence-corrected chi connectivity index (χ2v) is 8.35. The number of amides is 1. The van der Waals surface area contributed by atoms with Gasteiger partial charge in [0.05, 0.1) is 11.2 Å². The van der Waals surface area contributed by atoms with Crippen LogP contribution in [0.3, 0.4) is 0 Å². The van der Waals surface area contributed by atoms with Crippen LogP contribution in [-0.4, -0.2) is 35.9 Å². The van der Waals surface area contributed by atoms with E-state index >= 15 is 0 Å². The Hall–Kier alpha value is -2.86. The molecule has 1 aromatic heterocycles. The molecule has 5 nitrogen and oxygen atoms in total. The van der Waals surface area contributed by atoms with Gasteiger partial charge < -0.3 is 14.5 Å². The molecule has 0 saturated carbocycles. The molecule has 0 bridgehead atoms. The van der Waals surface area contributed by atoms with Crippen molar-refractivity contribution >= 4 is 22.9 Å². The summed E-state index contributed by atoms with van der Waals surface area (Å²) in [5, 5.41) is 1.97. The summed E-state index contributed by atoms with van der Waals surface area (Å²) in [4.78, 5) is 21.4. The number of benzene rings is 2. The Morgan fingerprint density at radius 2 is 1.87 bits per heavy atom. The van der Waals surface area contributed by atoms with Crippen molar-refractivity contribution in [2.24, 2.45) is 0 Å². The minimum absolute atomic E-state index is 0.00879.